The van der Waals surface area contributed by atoms with Crippen LogP contribution in [0.4, 0.5) is 5.69 Å². The number of amides is 3. The minimum Gasteiger partial charge on any atom is -0.371 e. The van der Waals surface area contributed by atoms with Gasteiger partial charge in [-0.3, -0.25) is 19.7 Å². The van der Waals surface area contributed by atoms with Gasteiger partial charge in [0.2, 0.25) is 11.8 Å². The van der Waals surface area contributed by atoms with Gasteiger partial charge in [0.05, 0.1) is 0 Å². The van der Waals surface area contributed by atoms with Crippen LogP contribution < -0.4 is 21.7 Å². The van der Waals surface area contributed by atoms with Crippen molar-refractivity contribution in [3.63, 3.8) is 0 Å². The topological polar surface area (TPSA) is 122 Å². The normalized spacial score (nSPS) is 17.4. The molecule has 32 heavy (non-hydrogen) atoms. The molecule has 8 nitrogen and oxygen atoms in total. The molecule has 10 heteroatoms. The fourth-order valence-corrected chi connectivity index (χ4v) is 4.29. The van der Waals surface area contributed by atoms with Crippen LogP contribution >= 0.6 is 24.8 Å². The molecule has 3 amide bonds. The number of unbranched alkanes of at least 4 members (excludes halogenated alkanes) is 3. The lowest BCUT2D eigenvalue weighted by molar-refractivity contribution is -0.136. The van der Waals surface area contributed by atoms with Crippen LogP contribution in [-0.4, -0.2) is 54.8 Å². The Morgan fingerprint density at radius 1 is 0.969 bits per heavy atom. The maximum absolute atomic E-state index is 13.1. The Morgan fingerprint density at radius 2 is 1.62 bits per heavy atom. The fraction of sp³-hybridized carbons (Fsp3) is 0.591. The highest BCUT2D eigenvalue weighted by atomic mass is 35.5. The number of hydrogen-bond acceptors (Lipinski definition) is 6. The number of carbonyl (C=O) groups is 3. The molecule has 0 radical (unpaired) electrons. The molecule has 1 fully saturated rings. The summed E-state index contributed by atoms with van der Waals surface area (Å²) in [7, 11) is 0. The molecule has 1 saturated heterocycles. The highest BCUT2D eigenvalue weighted by molar-refractivity contribution is 6.06. The van der Waals surface area contributed by atoms with E-state index in [1.165, 1.54) is 0 Å². The molecule has 5 N–H and O–H groups in total. The third kappa shape index (κ3) is 6.57. The molecule has 1 aromatic carbocycles. The lowest BCUT2D eigenvalue weighted by Crippen LogP contribution is -2.52. The number of nitrogens with zero attached hydrogens (tertiary/aromatic N) is 2. The summed E-state index contributed by atoms with van der Waals surface area (Å²) < 4.78 is 0. The number of carbonyl (C=O) groups excluding carboxylic acids is 3. The van der Waals surface area contributed by atoms with Crippen molar-refractivity contribution in [2.24, 2.45) is 11.5 Å². The summed E-state index contributed by atoms with van der Waals surface area (Å²) in [4.78, 5) is 40.8. The summed E-state index contributed by atoms with van der Waals surface area (Å²) in [5, 5.41) is 2.36. The van der Waals surface area contributed by atoms with Crippen LogP contribution in [0, 0.1) is 0 Å². The Bertz CT molecular complexity index is 793. The number of rotatable bonds is 11. The quantitative estimate of drug-likeness (QED) is 0.324. The minimum atomic E-state index is -0.592. The van der Waals surface area contributed by atoms with E-state index in [0.717, 1.165) is 56.4 Å². The number of piperidine rings is 1. The van der Waals surface area contributed by atoms with Gasteiger partial charge in [0.25, 0.3) is 5.91 Å². The summed E-state index contributed by atoms with van der Waals surface area (Å²) in [6.07, 6.45) is 5.69. The molecule has 3 rings (SSSR count). The third-order valence-corrected chi connectivity index (χ3v) is 5.91. The maximum atomic E-state index is 13.1. The molecule has 0 aromatic heterocycles. The van der Waals surface area contributed by atoms with E-state index in [0.29, 0.717) is 31.6 Å². The van der Waals surface area contributed by atoms with Crippen LogP contribution in [0.1, 0.15) is 60.9 Å². The zero-order chi connectivity index (χ0) is 21.5. The van der Waals surface area contributed by atoms with E-state index in [2.05, 4.69) is 16.3 Å². The van der Waals surface area contributed by atoms with E-state index < -0.39 is 6.04 Å². The van der Waals surface area contributed by atoms with E-state index >= 15 is 0 Å². The summed E-state index contributed by atoms with van der Waals surface area (Å²) in [5.41, 5.74) is 14.0. The Morgan fingerprint density at radius 3 is 2.28 bits per heavy atom. The van der Waals surface area contributed by atoms with Gasteiger partial charge < -0.3 is 21.3 Å². The van der Waals surface area contributed by atoms with Gasteiger partial charge in [0, 0.05) is 42.9 Å². The number of imide groups is 1. The number of nitrogens with one attached hydrogen (secondary N) is 1. The van der Waals surface area contributed by atoms with Crippen LogP contribution in [0.5, 0.6) is 0 Å². The minimum absolute atomic E-state index is 0. The third-order valence-electron chi connectivity index (χ3n) is 5.91. The van der Waals surface area contributed by atoms with Crippen molar-refractivity contribution in [1.29, 1.82) is 0 Å². The zero-order valence-electron chi connectivity index (χ0n) is 18.4. The number of fused-ring (bicyclic) bond motifs is 1. The molecule has 180 valence electrons. The first-order valence-corrected chi connectivity index (χ1v) is 11.0. The summed E-state index contributed by atoms with van der Waals surface area (Å²) in [5.74, 6) is -0.786. The van der Waals surface area contributed by atoms with Crippen molar-refractivity contribution < 1.29 is 14.4 Å². The first-order valence-electron chi connectivity index (χ1n) is 11.0. The van der Waals surface area contributed by atoms with Crippen molar-refractivity contribution in [3.05, 3.63) is 29.3 Å². The molecule has 0 saturated carbocycles. The second-order valence-corrected chi connectivity index (χ2v) is 8.04. The predicted molar refractivity (Wildman–Crippen MR) is 130 cm³/mol. The largest absolute Gasteiger partial charge is 0.371 e. The molecule has 2 aliphatic rings. The summed E-state index contributed by atoms with van der Waals surface area (Å²) in [6, 6.07) is 5.21. The fourth-order valence-electron chi connectivity index (χ4n) is 4.29. The maximum Gasteiger partial charge on any atom is 0.255 e. The highest BCUT2D eigenvalue weighted by Crippen LogP contribution is 2.34. The monoisotopic (exact) mass is 487 g/mol. The second kappa shape index (κ2) is 13.6. The Labute approximate surface area is 202 Å². The van der Waals surface area contributed by atoms with E-state index in [4.69, 9.17) is 11.5 Å². The van der Waals surface area contributed by atoms with Gasteiger partial charge in [-0.15, -0.1) is 24.8 Å². The second-order valence-electron chi connectivity index (χ2n) is 8.04. The first kappa shape index (κ1) is 28.2. The Kier molecular flexibility index (Phi) is 12.0. The molecule has 0 aliphatic carbocycles. The van der Waals surface area contributed by atoms with Gasteiger partial charge in [-0.05, 0) is 57.3 Å². The number of benzene rings is 1. The molecule has 1 aromatic rings. The van der Waals surface area contributed by atoms with Crippen molar-refractivity contribution in [3.8, 4) is 0 Å². The van der Waals surface area contributed by atoms with Crippen LogP contribution in [-0.2, 0) is 16.1 Å². The molecular weight excluding hydrogens is 453 g/mol. The van der Waals surface area contributed by atoms with E-state index in [-0.39, 0.29) is 49.0 Å². The predicted octanol–water partition coefficient (Wildman–Crippen LogP) is 1.97. The summed E-state index contributed by atoms with van der Waals surface area (Å²) in [6.45, 7) is 3.53. The van der Waals surface area contributed by atoms with Crippen LogP contribution in [0.2, 0.25) is 0 Å². The van der Waals surface area contributed by atoms with Crippen molar-refractivity contribution in [2.75, 3.05) is 31.1 Å². The standard InChI is InChI=1S/C22H33N5O3.2ClH/c23-11-2-1-4-13-26(14-5-3-12-24)18-8-6-7-16-17(18)15-27(22(16)30)19-9-10-20(28)25-21(19)29;;/h6-8,19H,1-5,9-15,23-24H2,(H,25,28,29);2*1H. The van der Waals surface area contributed by atoms with Gasteiger partial charge in [-0.2, -0.15) is 0 Å². The molecule has 2 aliphatic heterocycles. The molecular formula is C22H35Cl2N5O3. The van der Waals surface area contributed by atoms with Gasteiger partial charge in [-0.1, -0.05) is 12.5 Å². The van der Waals surface area contributed by atoms with E-state index in [1.807, 2.05) is 12.1 Å². The molecule has 0 bridgehead atoms. The average Bonchev–Trinajstić information content (AvgIpc) is 3.06. The Hall–Kier alpha value is -1.87. The highest BCUT2D eigenvalue weighted by Gasteiger charge is 2.40. The van der Waals surface area contributed by atoms with E-state index in [1.54, 1.807) is 4.90 Å². The van der Waals surface area contributed by atoms with Gasteiger partial charge in [-0.25, -0.2) is 0 Å². The Balaban J connectivity index is 0.00000256. The van der Waals surface area contributed by atoms with Gasteiger partial charge >= 0.3 is 0 Å². The lowest BCUT2D eigenvalue weighted by Gasteiger charge is -2.30. The lowest BCUT2D eigenvalue weighted by atomic mass is 10.0. The van der Waals surface area contributed by atoms with Crippen molar-refractivity contribution in [1.82, 2.24) is 10.2 Å². The van der Waals surface area contributed by atoms with Crippen LogP contribution in [0.25, 0.3) is 0 Å². The van der Waals surface area contributed by atoms with E-state index in [9.17, 15) is 14.4 Å². The molecule has 1 atom stereocenters. The SMILES string of the molecule is Cl.Cl.NCCCCCN(CCCCN)c1cccc2c1CN(C1CCC(=O)NC1=O)C2=O. The van der Waals surface area contributed by atoms with Crippen molar-refractivity contribution >= 4 is 48.2 Å². The summed E-state index contributed by atoms with van der Waals surface area (Å²) >= 11 is 0. The number of halogens is 2. The molecule has 0 spiro atoms. The number of nitrogens with two attached hydrogens (primary N) is 2. The number of anilines is 1. The smallest absolute Gasteiger partial charge is 0.255 e. The molecule has 1 unspecified atom stereocenters. The van der Waals surface area contributed by atoms with Crippen LogP contribution in [0.3, 0.4) is 0 Å². The number of hydrogen-bond donors (Lipinski definition) is 3. The van der Waals surface area contributed by atoms with Crippen LogP contribution in [0.15, 0.2) is 18.2 Å². The van der Waals surface area contributed by atoms with Gasteiger partial charge in [0.15, 0.2) is 0 Å². The zero-order valence-corrected chi connectivity index (χ0v) is 20.0. The average molecular weight is 488 g/mol. The molecule has 2 heterocycles. The van der Waals surface area contributed by atoms with Gasteiger partial charge in [0.1, 0.15) is 6.04 Å². The first-order chi connectivity index (χ1) is 14.6. The van der Waals surface area contributed by atoms with Crippen molar-refractivity contribution in [2.45, 2.75) is 57.5 Å².